The summed E-state index contributed by atoms with van der Waals surface area (Å²) in [6, 6.07) is -0.643. The first kappa shape index (κ1) is 37.4. The Hall–Kier alpha value is -1.59. The lowest BCUT2D eigenvalue weighted by molar-refractivity contribution is -0.129. The third-order valence-electron chi connectivity index (χ3n) is 7.50. The van der Waals surface area contributed by atoms with Crippen LogP contribution in [0.15, 0.2) is 0 Å². The van der Waals surface area contributed by atoms with Crippen LogP contribution in [0.1, 0.15) is 175 Å². The molecule has 0 heterocycles. The summed E-state index contributed by atoms with van der Waals surface area (Å²) in [5.41, 5.74) is 0. The number of hydrogen-bond donors (Lipinski definition) is 3. The normalized spacial score (nSPS) is 11.8. The van der Waals surface area contributed by atoms with Crippen molar-refractivity contribution in [2.45, 2.75) is 181 Å². The van der Waals surface area contributed by atoms with Crippen molar-refractivity contribution in [3.05, 3.63) is 0 Å². The van der Waals surface area contributed by atoms with E-state index in [0.29, 0.717) is 25.9 Å². The van der Waals surface area contributed by atoms with Crippen LogP contribution in [0.25, 0.3) is 0 Å². The van der Waals surface area contributed by atoms with Crippen LogP contribution in [-0.4, -0.2) is 36.9 Å². The fourth-order valence-electron chi connectivity index (χ4n) is 4.87. The summed E-state index contributed by atoms with van der Waals surface area (Å²) in [5, 5.41) is 8.91. The molecule has 0 aliphatic heterocycles. The van der Waals surface area contributed by atoms with E-state index >= 15 is 0 Å². The van der Waals surface area contributed by atoms with Crippen LogP contribution in [0.2, 0.25) is 0 Å². The molecule has 0 aliphatic rings. The summed E-state index contributed by atoms with van der Waals surface area (Å²) in [6.45, 7) is 7.97. The lowest BCUT2D eigenvalue weighted by atomic mass is 10.1. The minimum Gasteiger partial charge on any atom is -0.356 e. The molecule has 0 rings (SSSR count). The lowest BCUT2D eigenvalue weighted by Gasteiger charge is -2.18. The summed E-state index contributed by atoms with van der Waals surface area (Å²) in [5.74, 6) is -0.275. The van der Waals surface area contributed by atoms with E-state index in [-0.39, 0.29) is 24.1 Å². The van der Waals surface area contributed by atoms with Gasteiger partial charge >= 0.3 is 0 Å². The maximum Gasteiger partial charge on any atom is 0.242 e. The summed E-state index contributed by atoms with van der Waals surface area (Å²) in [4.78, 5) is 37.9. The molecule has 0 radical (unpaired) electrons. The minimum absolute atomic E-state index is 0.0366. The van der Waals surface area contributed by atoms with E-state index in [1.807, 2.05) is 0 Å². The van der Waals surface area contributed by atoms with Crippen molar-refractivity contribution in [2.75, 3.05) is 13.1 Å². The molecule has 0 saturated carbocycles. The molecule has 0 unspecified atom stereocenters. The van der Waals surface area contributed by atoms with E-state index in [9.17, 15) is 14.4 Å². The van der Waals surface area contributed by atoms with Gasteiger partial charge in [-0.25, -0.2) is 0 Å². The van der Waals surface area contributed by atoms with Crippen molar-refractivity contribution in [1.82, 2.24) is 16.0 Å². The second-order valence-electron chi connectivity index (χ2n) is 11.4. The topological polar surface area (TPSA) is 87.3 Å². The molecule has 0 fully saturated rings. The maximum atomic E-state index is 12.9. The Balaban J connectivity index is 4.37. The molecule has 0 aliphatic carbocycles. The number of amides is 3. The van der Waals surface area contributed by atoms with Gasteiger partial charge in [0.1, 0.15) is 6.04 Å². The third kappa shape index (κ3) is 26.4. The van der Waals surface area contributed by atoms with E-state index in [2.05, 4.69) is 36.7 Å². The molecule has 0 spiro atoms. The maximum absolute atomic E-state index is 12.9. The van der Waals surface area contributed by atoms with Crippen molar-refractivity contribution in [3.8, 4) is 0 Å². The molecule has 0 aromatic heterocycles. The van der Waals surface area contributed by atoms with E-state index in [4.69, 9.17) is 0 Å². The first-order valence-corrected chi connectivity index (χ1v) is 16.9. The predicted octanol–water partition coefficient (Wildman–Crippen LogP) is 8.13. The van der Waals surface area contributed by atoms with Gasteiger partial charge in [0.25, 0.3) is 0 Å². The highest BCUT2D eigenvalue weighted by atomic mass is 16.2. The van der Waals surface area contributed by atoms with E-state index in [1.165, 1.54) is 96.3 Å². The second kappa shape index (κ2) is 29.4. The van der Waals surface area contributed by atoms with Gasteiger partial charge < -0.3 is 16.0 Å². The molecule has 0 aromatic rings. The quantitative estimate of drug-likeness (QED) is 0.0820. The average Bonchev–Trinajstić information content (AvgIpc) is 2.93. The average molecular weight is 552 g/mol. The monoisotopic (exact) mass is 552 g/mol. The Morgan fingerprint density at radius 2 is 0.872 bits per heavy atom. The van der Waals surface area contributed by atoms with Gasteiger partial charge in [0.15, 0.2) is 0 Å². The number of carbonyl (C=O) groups excluding carboxylic acids is 3. The number of carbonyl (C=O) groups is 3. The first-order valence-electron chi connectivity index (χ1n) is 16.9. The lowest BCUT2D eigenvalue weighted by Crippen LogP contribution is -2.47. The van der Waals surface area contributed by atoms with Gasteiger partial charge in [0.05, 0.1) is 0 Å². The Labute approximate surface area is 242 Å². The van der Waals surface area contributed by atoms with Gasteiger partial charge in [0.2, 0.25) is 17.7 Å². The number of rotatable bonds is 29. The number of unbranched alkanes of at least 4 members (excludes halogenated alkanes) is 18. The van der Waals surface area contributed by atoms with Crippen molar-refractivity contribution in [2.24, 2.45) is 0 Å². The molecule has 6 heteroatoms. The largest absolute Gasteiger partial charge is 0.356 e. The van der Waals surface area contributed by atoms with E-state index < -0.39 is 6.04 Å². The second-order valence-corrected chi connectivity index (χ2v) is 11.4. The predicted molar refractivity (Wildman–Crippen MR) is 166 cm³/mol. The van der Waals surface area contributed by atoms with Crippen LogP contribution in [0.5, 0.6) is 0 Å². The SMILES string of the molecule is CCCCCCCCCCCC(=O)N[C@@H](CCC(=O)NCCCCCCCC)C(=O)NCCCCCCCC. The summed E-state index contributed by atoms with van der Waals surface area (Å²) >= 11 is 0. The molecule has 0 saturated heterocycles. The highest BCUT2D eigenvalue weighted by Gasteiger charge is 2.21. The Morgan fingerprint density at radius 3 is 1.36 bits per heavy atom. The fourth-order valence-corrected chi connectivity index (χ4v) is 4.87. The van der Waals surface area contributed by atoms with Gasteiger partial charge in [-0.3, -0.25) is 14.4 Å². The van der Waals surface area contributed by atoms with Crippen LogP contribution in [0, 0.1) is 0 Å². The smallest absolute Gasteiger partial charge is 0.242 e. The van der Waals surface area contributed by atoms with Crippen molar-refractivity contribution >= 4 is 17.7 Å². The van der Waals surface area contributed by atoms with Crippen LogP contribution >= 0.6 is 0 Å². The zero-order valence-electron chi connectivity index (χ0n) is 26.2. The van der Waals surface area contributed by atoms with Gasteiger partial charge in [-0.1, -0.05) is 136 Å². The van der Waals surface area contributed by atoms with Crippen molar-refractivity contribution in [3.63, 3.8) is 0 Å². The van der Waals surface area contributed by atoms with E-state index in [0.717, 1.165) is 38.5 Å². The van der Waals surface area contributed by atoms with Crippen LogP contribution in [0.4, 0.5) is 0 Å². The Morgan fingerprint density at radius 1 is 0.462 bits per heavy atom. The summed E-state index contributed by atoms with van der Waals surface area (Å²) in [7, 11) is 0. The highest BCUT2D eigenvalue weighted by molar-refractivity contribution is 5.88. The van der Waals surface area contributed by atoms with Crippen molar-refractivity contribution < 1.29 is 14.4 Å². The van der Waals surface area contributed by atoms with E-state index in [1.54, 1.807) is 0 Å². The fraction of sp³-hybridized carbons (Fsp3) is 0.909. The number of hydrogen-bond acceptors (Lipinski definition) is 3. The van der Waals surface area contributed by atoms with Gasteiger partial charge in [0, 0.05) is 25.9 Å². The standard InChI is InChI=1S/C33H65N3O3/c1-4-7-10-13-16-17-18-19-22-25-32(38)36-30(33(39)35-29-24-21-15-12-9-6-3)26-27-31(37)34-28-23-20-14-11-8-5-2/h30H,4-29H2,1-3H3,(H,34,37)(H,35,39)(H,36,38)/t30-/m0/s1. The molecule has 0 aromatic carbocycles. The minimum atomic E-state index is -0.643. The molecule has 6 nitrogen and oxygen atoms in total. The van der Waals surface area contributed by atoms with Crippen LogP contribution < -0.4 is 16.0 Å². The van der Waals surface area contributed by atoms with Crippen LogP contribution in [-0.2, 0) is 14.4 Å². The van der Waals surface area contributed by atoms with Crippen molar-refractivity contribution in [1.29, 1.82) is 0 Å². The highest BCUT2D eigenvalue weighted by Crippen LogP contribution is 2.11. The Kier molecular flexibility index (Phi) is 28.2. The molecule has 39 heavy (non-hydrogen) atoms. The molecule has 1 atom stereocenters. The third-order valence-corrected chi connectivity index (χ3v) is 7.50. The molecular weight excluding hydrogens is 486 g/mol. The summed E-state index contributed by atoms with van der Waals surface area (Å²) < 4.78 is 0. The zero-order valence-corrected chi connectivity index (χ0v) is 26.2. The number of nitrogens with one attached hydrogen (secondary N) is 3. The Bertz CT molecular complexity index is 583. The van der Waals surface area contributed by atoms with Crippen LogP contribution in [0.3, 0.4) is 0 Å². The molecule has 0 bridgehead atoms. The molecular formula is C33H65N3O3. The van der Waals surface area contributed by atoms with Gasteiger partial charge in [-0.2, -0.15) is 0 Å². The zero-order chi connectivity index (χ0) is 28.8. The van der Waals surface area contributed by atoms with Gasteiger partial charge in [-0.05, 0) is 25.7 Å². The summed E-state index contributed by atoms with van der Waals surface area (Å²) in [6.07, 6.45) is 26.0. The molecule has 3 amide bonds. The van der Waals surface area contributed by atoms with Gasteiger partial charge in [-0.15, -0.1) is 0 Å². The first-order chi connectivity index (χ1) is 19.0. The molecule has 230 valence electrons. The molecule has 3 N–H and O–H groups in total.